The van der Waals surface area contributed by atoms with Crippen LogP contribution in [-0.4, -0.2) is 59.5 Å². The highest BCUT2D eigenvalue weighted by Crippen LogP contribution is 2.33. The summed E-state index contributed by atoms with van der Waals surface area (Å²) in [5.74, 6) is -0.239. The van der Waals surface area contributed by atoms with Crippen LogP contribution in [0, 0.1) is 12.8 Å². The molecule has 0 N–H and O–H groups in total. The Balaban J connectivity index is 2.02. The lowest BCUT2D eigenvalue weighted by molar-refractivity contribution is -0.138. The van der Waals surface area contributed by atoms with Gasteiger partial charge in [-0.3, -0.25) is 9.48 Å². The van der Waals surface area contributed by atoms with Gasteiger partial charge in [-0.15, -0.1) is 0 Å². The summed E-state index contributed by atoms with van der Waals surface area (Å²) in [6.07, 6.45) is 1.57. The lowest BCUT2D eigenvalue weighted by Crippen LogP contribution is -2.45. The molecule has 0 radical (unpaired) electrons. The number of fused-ring (bicyclic) bond motifs is 4. The van der Waals surface area contributed by atoms with Crippen LogP contribution in [0.1, 0.15) is 18.5 Å². The van der Waals surface area contributed by atoms with Crippen LogP contribution in [0.5, 0.6) is 0 Å². The number of nitrogens with zero attached hydrogens (tertiary/aromatic N) is 4. The highest BCUT2D eigenvalue weighted by molar-refractivity contribution is 7.89. The highest BCUT2D eigenvalue weighted by atomic mass is 35.5. The topological polar surface area (TPSA) is 75.5 Å². The first-order valence-electron chi connectivity index (χ1n) is 7.19. The maximum absolute atomic E-state index is 13.0. The molecule has 4 heterocycles. The Kier molecular flexibility index (Phi) is 3.73. The Morgan fingerprint density at radius 2 is 1.91 bits per heavy atom. The summed E-state index contributed by atoms with van der Waals surface area (Å²) in [5.41, 5.74) is 0.378. The van der Waals surface area contributed by atoms with Crippen LogP contribution in [0.25, 0.3) is 0 Å². The molecule has 0 aliphatic carbocycles. The number of likely N-dealkylation sites (N-methyl/N-ethyl adjacent to an activating group) is 1. The minimum absolute atomic E-state index is 0.0305. The fourth-order valence-electron chi connectivity index (χ4n) is 3.35. The standard InChI is InChI=1S/C13H19ClN4O3S/c1-8-11(12(14)17(3)15-8)22(20,21)18-6-9-4-5-10(7-18)16(2)13(9)19/h9-10H,4-7H2,1-3H3/t9-,10+/m0/s1. The molecule has 0 aromatic carbocycles. The predicted molar refractivity (Wildman–Crippen MR) is 81.0 cm³/mol. The van der Waals surface area contributed by atoms with Gasteiger partial charge in [0.1, 0.15) is 10.0 Å². The molecule has 2 atom stereocenters. The third-order valence-electron chi connectivity index (χ3n) is 4.63. The zero-order chi connectivity index (χ0) is 16.2. The lowest BCUT2D eigenvalue weighted by Gasteiger charge is -2.32. The van der Waals surface area contributed by atoms with E-state index in [1.165, 1.54) is 8.99 Å². The van der Waals surface area contributed by atoms with Gasteiger partial charge >= 0.3 is 0 Å². The molecular weight excluding hydrogens is 328 g/mol. The molecule has 1 aromatic heterocycles. The van der Waals surface area contributed by atoms with Crippen molar-refractivity contribution in [1.29, 1.82) is 0 Å². The number of aromatic nitrogens is 2. The second-order valence-corrected chi connectivity index (χ2v) is 8.26. The van der Waals surface area contributed by atoms with Crippen LogP contribution in [0.15, 0.2) is 4.90 Å². The van der Waals surface area contributed by atoms with E-state index < -0.39 is 10.0 Å². The number of rotatable bonds is 2. The second-order valence-electron chi connectivity index (χ2n) is 6.03. The number of amides is 1. The summed E-state index contributed by atoms with van der Waals surface area (Å²) < 4.78 is 28.7. The van der Waals surface area contributed by atoms with Gasteiger partial charge < -0.3 is 4.90 Å². The molecule has 1 amide bonds. The number of carbonyl (C=O) groups is 1. The number of hydrogen-bond acceptors (Lipinski definition) is 4. The molecule has 9 heteroatoms. The average molecular weight is 347 g/mol. The molecule has 3 aliphatic rings. The van der Waals surface area contributed by atoms with Crippen molar-refractivity contribution in [1.82, 2.24) is 19.0 Å². The van der Waals surface area contributed by atoms with E-state index in [1.807, 2.05) is 0 Å². The normalized spacial score (nSPS) is 26.5. The van der Waals surface area contributed by atoms with Crippen molar-refractivity contribution >= 4 is 27.5 Å². The zero-order valence-electron chi connectivity index (χ0n) is 12.8. The first-order valence-corrected chi connectivity index (χ1v) is 9.01. The van der Waals surface area contributed by atoms with Crippen LogP contribution in [-0.2, 0) is 21.9 Å². The first-order chi connectivity index (χ1) is 10.2. The quantitative estimate of drug-likeness (QED) is 0.787. The van der Waals surface area contributed by atoms with Gasteiger partial charge in [0.05, 0.1) is 11.6 Å². The molecule has 0 saturated carbocycles. The van der Waals surface area contributed by atoms with Gasteiger partial charge in [0.2, 0.25) is 15.9 Å². The number of aryl methyl sites for hydroxylation is 2. The molecule has 7 nitrogen and oxygen atoms in total. The zero-order valence-corrected chi connectivity index (χ0v) is 14.4. The van der Waals surface area contributed by atoms with Gasteiger partial charge in [0, 0.05) is 33.2 Å². The van der Waals surface area contributed by atoms with Gasteiger partial charge in [-0.05, 0) is 19.8 Å². The number of piperidine rings is 1. The van der Waals surface area contributed by atoms with Crippen LogP contribution < -0.4 is 0 Å². The molecule has 3 fully saturated rings. The van der Waals surface area contributed by atoms with Crippen molar-refractivity contribution in [2.75, 3.05) is 20.1 Å². The summed E-state index contributed by atoms with van der Waals surface area (Å²) in [6.45, 7) is 2.15. The molecule has 1 aromatic rings. The third kappa shape index (κ3) is 2.24. The largest absolute Gasteiger partial charge is 0.341 e. The van der Waals surface area contributed by atoms with Gasteiger partial charge in [-0.2, -0.15) is 9.40 Å². The van der Waals surface area contributed by atoms with E-state index in [1.54, 1.807) is 25.9 Å². The summed E-state index contributed by atoms with van der Waals surface area (Å²) in [7, 11) is -0.403. The van der Waals surface area contributed by atoms with Crippen molar-refractivity contribution in [2.45, 2.75) is 30.7 Å². The Morgan fingerprint density at radius 3 is 2.50 bits per heavy atom. The Morgan fingerprint density at radius 1 is 1.23 bits per heavy atom. The monoisotopic (exact) mass is 346 g/mol. The molecule has 3 aliphatic heterocycles. The van der Waals surface area contributed by atoms with Crippen molar-refractivity contribution in [3.63, 3.8) is 0 Å². The molecular formula is C13H19ClN4O3S. The Hall–Kier alpha value is -1.12. The molecule has 0 spiro atoms. The maximum Gasteiger partial charge on any atom is 0.248 e. The first kappa shape index (κ1) is 15.8. The van der Waals surface area contributed by atoms with E-state index in [0.29, 0.717) is 12.2 Å². The summed E-state index contributed by atoms with van der Waals surface area (Å²) in [4.78, 5) is 13.9. The van der Waals surface area contributed by atoms with Gasteiger partial charge in [0.25, 0.3) is 0 Å². The van der Waals surface area contributed by atoms with Crippen LogP contribution in [0.4, 0.5) is 0 Å². The molecule has 3 saturated heterocycles. The second kappa shape index (κ2) is 5.21. The molecule has 122 valence electrons. The van der Waals surface area contributed by atoms with E-state index in [0.717, 1.165) is 12.8 Å². The molecule has 4 rings (SSSR count). The smallest absolute Gasteiger partial charge is 0.248 e. The molecule has 22 heavy (non-hydrogen) atoms. The summed E-state index contributed by atoms with van der Waals surface area (Å²) >= 11 is 6.12. The van der Waals surface area contributed by atoms with Crippen molar-refractivity contribution in [3.8, 4) is 0 Å². The van der Waals surface area contributed by atoms with Crippen LogP contribution in [0.3, 0.4) is 0 Å². The van der Waals surface area contributed by atoms with Gasteiger partial charge in [-0.25, -0.2) is 8.42 Å². The number of halogens is 1. The number of hydrogen-bond donors (Lipinski definition) is 0. The fraction of sp³-hybridized carbons (Fsp3) is 0.692. The van der Waals surface area contributed by atoms with Crippen molar-refractivity contribution < 1.29 is 13.2 Å². The average Bonchev–Trinajstić information content (AvgIpc) is 2.62. The maximum atomic E-state index is 13.0. The minimum Gasteiger partial charge on any atom is -0.341 e. The summed E-state index contributed by atoms with van der Waals surface area (Å²) in [5, 5.41) is 4.19. The SMILES string of the molecule is Cc1nn(C)c(Cl)c1S(=O)(=O)N1C[C@@H]2CC[C@H](C1)N(C)C2=O. The van der Waals surface area contributed by atoms with E-state index >= 15 is 0 Å². The van der Waals surface area contributed by atoms with Crippen molar-refractivity contribution in [3.05, 3.63) is 10.8 Å². The third-order valence-corrected chi connectivity index (χ3v) is 7.16. The van der Waals surface area contributed by atoms with E-state index in [-0.39, 0.29) is 34.5 Å². The predicted octanol–water partition coefficient (Wildman–Crippen LogP) is 0.623. The Bertz CT molecular complexity index is 730. The summed E-state index contributed by atoms with van der Waals surface area (Å²) in [6, 6.07) is -0.0724. The van der Waals surface area contributed by atoms with Crippen molar-refractivity contribution in [2.24, 2.45) is 13.0 Å². The van der Waals surface area contributed by atoms with Crippen LogP contribution in [0.2, 0.25) is 5.15 Å². The number of sulfonamides is 1. The van der Waals surface area contributed by atoms with E-state index in [4.69, 9.17) is 11.6 Å². The Labute approximate surface area is 134 Å². The minimum atomic E-state index is -3.76. The highest BCUT2D eigenvalue weighted by Gasteiger charge is 2.43. The van der Waals surface area contributed by atoms with Gasteiger partial charge in [0.15, 0.2) is 0 Å². The number of carbonyl (C=O) groups excluding carboxylic acids is 1. The van der Waals surface area contributed by atoms with E-state index in [9.17, 15) is 13.2 Å². The van der Waals surface area contributed by atoms with Crippen LogP contribution >= 0.6 is 11.6 Å². The fourth-order valence-corrected chi connectivity index (χ4v) is 5.58. The lowest BCUT2D eigenvalue weighted by atomic mass is 9.95. The molecule has 2 bridgehead atoms. The van der Waals surface area contributed by atoms with Gasteiger partial charge in [-0.1, -0.05) is 11.6 Å². The van der Waals surface area contributed by atoms with E-state index in [2.05, 4.69) is 5.10 Å². The molecule has 0 unspecified atom stereocenters.